The number of carbonyl (C=O) groups is 8. The topological polar surface area (TPSA) is 222 Å². The zero-order valence-corrected chi connectivity index (χ0v) is 46.0. The average Bonchev–Trinajstić information content (AvgIpc) is 3.34. The molecule has 0 unspecified atom stereocenters. The number of nitrogens with one attached hydrogen (secondary N) is 4. The number of esters is 2. The third-order valence-electron chi connectivity index (χ3n) is 13.1. The Kier molecular flexibility index (Phi) is 27.1. The number of cyclic esters (lactones) is 2. The minimum absolute atomic E-state index is 0.0113. The van der Waals surface area contributed by atoms with Gasteiger partial charge in [0, 0.05) is 57.0 Å². The Bertz CT molecular complexity index is 2050. The van der Waals surface area contributed by atoms with Crippen molar-refractivity contribution < 1.29 is 52.6 Å². The van der Waals surface area contributed by atoms with E-state index in [4.69, 9.17) is 25.8 Å². The van der Waals surface area contributed by atoms with Crippen LogP contribution in [0.4, 0.5) is 4.79 Å². The molecule has 4 N–H and O–H groups in total. The predicted molar refractivity (Wildman–Crippen MR) is 277 cm³/mol. The van der Waals surface area contributed by atoms with Gasteiger partial charge in [-0.25, -0.2) is 14.4 Å². The van der Waals surface area contributed by atoms with E-state index in [-0.39, 0.29) is 30.8 Å². The lowest BCUT2D eigenvalue weighted by atomic mass is 9.90. The van der Waals surface area contributed by atoms with Gasteiger partial charge in [0.15, 0.2) is 6.10 Å². The maximum atomic E-state index is 14.3. The van der Waals surface area contributed by atoms with Crippen molar-refractivity contribution in [3.63, 3.8) is 0 Å². The van der Waals surface area contributed by atoms with E-state index < -0.39 is 108 Å². The van der Waals surface area contributed by atoms with Gasteiger partial charge in [0.2, 0.25) is 23.6 Å². The van der Waals surface area contributed by atoms with Crippen LogP contribution >= 0.6 is 11.6 Å². The van der Waals surface area contributed by atoms with Gasteiger partial charge in [-0.05, 0) is 103 Å². The Balaban J connectivity index is 2.71. The van der Waals surface area contributed by atoms with E-state index in [0.29, 0.717) is 29.1 Å². The van der Waals surface area contributed by atoms with Crippen LogP contribution in [0.3, 0.4) is 0 Å². The van der Waals surface area contributed by atoms with Crippen LogP contribution in [0.5, 0.6) is 0 Å². The van der Waals surface area contributed by atoms with E-state index >= 15 is 0 Å². The van der Waals surface area contributed by atoms with Crippen molar-refractivity contribution in [1.29, 1.82) is 0 Å². The molecule has 0 aromatic heterocycles. The Hall–Kier alpha value is -5.49. The highest BCUT2D eigenvalue weighted by atomic mass is 35.5. The number of nitrogens with zero attached hydrogens (tertiary/aromatic N) is 3. The summed E-state index contributed by atoms with van der Waals surface area (Å²) in [7, 11) is 6.36. The van der Waals surface area contributed by atoms with Crippen molar-refractivity contribution in [2.45, 2.75) is 163 Å². The number of rotatable bonds is 15. The molecule has 1 aliphatic heterocycles. The summed E-state index contributed by atoms with van der Waals surface area (Å²) in [5.41, 5.74) is 1.38. The molecule has 19 heteroatoms. The monoisotopic (exact) mass is 1030 g/mol. The number of amides is 6. The summed E-state index contributed by atoms with van der Waals surface area (Å²) >= 11 is 6.15. The summed E-state index contributed by atoms with van der Waals surface area (Å²) in [5, 5.41) is 11.7. The molecule has 0 fully saturated rings. The first-order valence-corrected chi connectivity index (χ1v) is 25.7. The third-order valence-corrected chi connectivity index (χ3v) is 13.4. The SMILES string of the molecule is C/C=C(\C)[C@H]1OC(=O)[C@@H](C)NC(=O)[C@H]([C@H](C)CC)NC(=O)CN(C)C(=O)[C@@H](Cc2ccc(Cl)cc2)N(C)C(=O)[C@H](C)NC(=O)[C@H](CC(C)C)OC(=O)/C(C)=C\C[C@H](OC(=O)N(C)CCCCCCNC)[C@@H]1C. The summed E-state index contributed by atoms with van der Waals surface area (Å²) in [6.45, 7) is 17.8. The molecule has 0 saturated heterocycles. The average molecular weight is 1030 g/mol. The Morgan fingerprint density at radius 1 is 0.917 bits per heavy atom. The Labute approximate surface area is 433 Å². The number of ether oxygens (including phenoxy) is 3. The van der Waals surface area contributed by atoms with Gasteiger partial charge in [0.1, 0.15) is 36.4 Å². The molecule has 0 aliphatic carbocycles. The number of allylic oxidation sites excluding steroid dienone is 1. The Morgan fingerprint density at radius 3 is 2.14 bits per heavy atom. The number of hydrogen-bond donors (Lipinski definition) is 4. The molecule has 18 nitrogen and oxygen atoms in total. The standard InChI is InChI=1S/C53H84ClN7O11/c1-15-33(5)45-48(64)57-38(10)52(68)72-46(34(6)16-2)36(8)42(71-53(69)59(12)28-20-18-17-19-27-55-11)26-21-35(7)51(67)70-43(29-32(3)4)47(63)56-37(9)49(65)61(14)41(30-39-22-24-40(54)25-23-39)50(66)60(13)31-44(62)58-45/h16,21-25,32-33,36-38,41-43,45-46,55H,15,17-20,26-31H2,1-14H3,(H,56,63)(H,57,64)(H,58,62)/b34-16+,35-21-/t33-,36+,37+,38-,41-,42+,43+,45+,46-/m1/s1. The van der Waals surface area contributed by atoms with Crippen LogP contribution in [-0.4, -0.2) is 153 Å². The number of halogens is 1. The molecule has 72 heavy (non-hydrogen) atoms. The smallest absolute Gasteiger partial charge is 0.409 e. The fourth-order valence-electron chi connectivity index (χ4n) is 8.01. The van der Waals surface area contributed by atoms with Crippen LogP contribution in [0, 0.1) is 17.8 Å². The summed E-state index contributed by atoms with van der Waals surface area (Å²) < 4.78 is 18.1. The van der Waals surface area contributed by atoms with Crippen molar-refractivity contribution in [2.75, 3.05) is 47.8 Å². The lowest BCUT2D eigenvalue weighted by Gasteiger charge is -2.33. The minimum Gasteiger partial charge on any atom is -0.456 e. The molecule has 1 aromatic rings. The van der Waals surface area contributed by atoms with Gasteiger partial charge in [-0.3, -0.25) is 24.0 Å². The summed E-state index contributed by atoms with van der Waals surface area (Å²) in [5.74, 6) is -6.19. The number of likely N-dealkylation sites (N-methyl/N-ethyl adjacent to an activating group) is 2. The molecular weight excluding hydrogens is 946 g/mol. The van der Waals surface area contributed by atoms with Gasteiger partial charge in [-0.1, -0.05) is 89.8 Å². The van der Waals surface area contributed by atoms with Crippen molar-refractivity contribution >= 4 is 59.2 Å². The van der Waals surface area contributed by atoms with Crippen LogP contribution in [0.25, 0.3) is 0 Å². The zero-order chi connectivity index (χ0) is 54.4. The van der Waals surface area contributed by atoms with Crippen LogP contribution in [-0.2, 0) is 54.2 Å². The van der Waals surface area contributed by atoms with E-state index in [2.05, 4.69) is 21.3 Å². The second-order valence-electron chi connectivity index (χ2n) is 19.6. The molecule has 0 saturated carbocycles. The van der Waals surface area contributed by atoms with Crippen LogP contribution in [0.15, 0.2) is 47.6 Å². The quantitative estimate of drug-likeness (QED) is 0.0715. The predicted octanol–water partition coefficient (Wildman–Crippen LogP) is 5.75. The van der Waals surface area contributed by atoms with Gasteiger partial charge in [-0.15, -0.1) is 0 Å². The summed E-state index contributed by atoms with van der Waals surface area (Å²) in [6.07, 6.45) is 3.64. The number of hydrogen-bond acceptors (Lipinski definition) is 12. The largest absolute Gasteiger partial charge is 0.456 e. The molecule has 0 spiro atoms. The first-order valence-electron chi connectivity index (χ1n) is 25.3. The highest BCUT2D eigenvalue weighted by molar-refractivity contribution is 6.30. The van der Waals surface area contributed by atoms with Gasteiger partial charge < -0.3 is 50.2 Å². The van der Waals surface area contributed by atoms with Gasteiger partial charge in [0.25, 0.3) is 5.91 Å². The molecule has 1 aromatic carbocycles. The normalized spacial score (nSPS) is 25.6. The molecule has 404 valence electrons. The van der Waals surface area contributed by atoms with E-state index in [1.54, 1.807) is 71.2 Å². The number of unbranched alkanes of at least 4 members (excludes halogenated alkanes) is 3. The first-order chi connectivity index (χ1) is 33.9. The lowest BCUT2D eigenvalue weighted by molar-refractivity contribution is -0.155. The van der Waals surface area contributed by atoms with E-state index in [0.717, 1.165) is 37.1 Å². The summed E-state index contributed by atoms with van der Waals surface area (Å²) in [4.78, 5) is 115. The molecule has 1 aliphatic rings. The zero-order valence-electron chi connectivity index (χ0n) is 45.2. The molecule has 6 amide bonds. The van der Waals surface area contributed by atoms with Crippen LogP contribution in [0.1, 0.15) is 120 Å². The number of benzene rings is 1. The molecule has 2 rings (SSSR count). The van der Waals surface area contributed by atoms with Gasteiger partial charge in [-0.2, -0.15) is 0 Å². The second kappa shape index (κ2) is 31.2. The van der Waals surface area contributed by atoms with E-state index in [9.17, 15) is 38.4 Å². The molecule has 9 atom stereocenters. The first kappa shape index (κ1) is 62.6. The lowest BCUT2D eigenvalue weighted by Crippen LogP contribution is -2.57. The fourth-order valence-corrected chi connectivity index (χ4v) is 8.14. The molecule has 1 heterocycles. The van der Waals surface area contributed by atoms with Gasteiger partial charge >= 0.3 is 18.0 Å². The van der Waals surface area contributed by atoms with Gasteiger partial charge in [0.05, 0.1) is 6.54 Å². The van der Waals surface area contributed by atoms with E-state index in [1.165, 1.54) is 44.7 Å². The minimum atomic E-state index is -1.32. The van der Waals surface area contributed by atoms with Crippen molar-refractivity contribution in [3.05, 3.63) is 58.1 Å². The van der Waals surface area contributed by atoms with Crippen molar-refractivity contribution in [1.82, 2.24) is 36.0 Å². The van der Waals surface area contributed by atoms with Crippen molar-refractivity contribution in [3.8, 4) is 0 Å². The Morgan fingerprint density at radius 2 is 1.54 bits per heavy atom. The van der Waals surface area contributed by atoms with Crippen molar-refractivity contribution in [2.24, 2.45) is 17.8 Å². The second-order valence-corrected chi connectivity index (χ2v) is 20.1. The van der Waals surface area contributed by atoms with E-state index in [1.807, 2.05) is 27.8 Å². The summed E-state index contributed by atoms with van der Waals surface area (Å²) in [6, 6.07) is 2.00. The molecule has 0 bridgehead atoms. The highest BCUT2D eigenvalue weighted by Crippen LogP contribution is 2.27. The van der Waals surface area contributed by atoms with Crippen LogP contribution in [0.2, 0.25) is 5.02 Å². The maximum Gasteiger partial charge on any atom is 0.409 e. The highest BCUT2D eigenvalue weighted by Gasteiger charge is 2.38. The fraction of sp³-hybridized carbons (Fsp3) is 0.660. The molecule has 0 radical (unpaired) electrons. The third kappa shape index (κ3) is 20.2. The molecular formula is C53H84ClN7O11. The maximum absolute atomic E-state index is 14.3. The number of carbonyl (C=O) groups excluding carboxylic acids is 8. The van der Waals surface area contributed by atoms with Crippen LogP contribution < -0.4 is 21.3 Å².